The van der Waals surface area contributed by atoms with E-state index in [2.05, 4.69) is 4.98 Å². The van der Waals surface area contributed by atoms with Gasteiger partial charge in [0.15, 0.2) is 6.23 Å². The van der Waals surface area contributed by atoms with Crippen LogP contribution < -0.4 is 5.31 Å². The van der Waals surface area contributed by atoms with Crippen molar-refractivity contribution in [3.8, 4) is 0 Å². The molecule has 2 saturated heterocycles. The second-order valence-corrected chi connectivity index (χ2v) is 6.46. The fraction of sp³-hybridized carbons (Fsp3) is 0.667. The van der Waals surface area contributed by atoms with Crippen molar-refractivity contribution in [2.24, 2.45) is 11.8 Å². The summed E-state index contributed by atoms with van der Waals surface area (Å²) in [5.74, 6) is -7.20. The summed E-state index contributed by atoms with van der Waals surface area (Å²) in [5, 5.41) is 0.200. The lowest BCUT2D eigenvalue weighted by Crippen LogP contribution is -2.45. The van der Waals surface area contributed by atoms with Gasteiger partial charge in [0.25, 0.3) is 0 Å². The van der Waals surface area contributed by atoms with Crippen molar-refractivity contribution >= 4 is 5.57 Å². The van der Waals surface area contributed by atoms with Crippen LogP contribution in [0.15, 0.2) is 18.0 Å². The lowest BCUT2D eigenvalue weighted by molar-refractivity contribution is 0.0591. The van der Waals surface area contributed by atoms with Gasteiger partial charge in [-0.25, -0.2) is 0 Å². The van der Waals surface area contributed by atoms with Gasteiger partial charge in [-0.3, -0.25) is 10.3 Å². The molecule has 2 fully saturated rings. The molecule has 0 spiro atoms. The van der Waals surface area contributed by atoms with Gasteiger partial charge in [-0.15, -0.1) is 0 Å². The average molecular weight is 340 g/mol. The Morgan fingerprint density at radius 3 is 3.00 bits per heavy atom. The van der Waals surface area contributed by atoms with E-state index in [4.69, 9.17) is 19.9 Å². The Bertz CT molecular complexity index is 1180. The van der Waals surface area contributed by atoms with E-state index < -0.39 is 61.7 Å². The third-order valence-electron chi connectivity index (χ3n) is 4.37. The van der Waals surface area contributed by atoms with E-state index in [0.29, 0.717) is 5.56 Å². The minimum absolute atomic E-state index is 0.0242. The Kier molecular flexibility index (Phi) is 1.83. The van der Waals surface area contributed by atoms with Crippen molar-refractivity contribution in [2.75, 3.05) is 0 Å². The third-order valence-corrected chi connectivity index (χ3v) is 4.37. The molecule has 1 aromatic heterocycles. The molecule has 0 radical (unpaired) electrons. The number of nitrogens with zero attached hydrogens (tertiary/aromatic N) is 1. The van der Waals surface area contributed by atoms with Crippen LogP contribution in [0.1, 0.15) is 91.8 Å². The van der Waals surface area contributed by atoms with Crippen molar-refractivity contribution in [3.05, 3.63) is 34.8 Å². The number of ether oxygens (including phenoxy) is 1. The van der Waals surface area contributed by atoms with Crippen molar-refractivity contribution < 1.29 is 22.6 Å². The zero-order valence-electron chi connectivity index (χ0n) is 27.2. The van der Waals surface area contributed by atoms with Crippen LogP contribution in [0, 0.1) is 18.7 Å². The SMILES string of the molecule is [2H]C1C(c2cc(C)c(C(C)C)cn2)=C2OC3N([2H])C([2H])(C)C([2H])([2H])C([2H])([2H])C3([2H])C2([2H])C([2H])([2H])C1([2H])[2H]. The van der Waals surface area contributed by atoms with Crippen LogP contribution in [-0.4, -0.2) is 17.2 Å². The summed E-state index contributed by atoms with van der Waals surface area (Å²) < 4.78 is 119. The molecule has 5 unspecified atom stereocenters. The highest BCUT2D eigenvalue weighted by Gasteiger charge is 2.46. The number of pyridine rings is 1. The van der Waals surface area contributed by atoms with Crippen LogP contribution in [-0.2, 0) is 4.74 Å². The summed E-state index contributed by atoms with van der Waals surface area (Å²) in [7, 11) is 0. The quantitative estimate of drug-likeness (QED) is 0.843. The number of aromatic nitrogens is 1. The topological polar surface area (TPSA) is 34.1 Å². The van der Waals surface area contributed by atoms with Crippen molar-refractivity contribution in [2.45, 2.75) is 77.7 Å². The second-order valence-electron chi connectivity index (χ2n) is 6.46. The predicted molar refractivity (Wildman–Crippen MR) is 97.5 cm³/mol. The lowest BCUT2D eigenvalue weighted by atomic mass is 9.77. The molecule has 0 amide bonds. The first-order chi connectivity index (χ1) is 16.5. The number of aryl methyl sites for hydroxylation is 1. The molecular weight excluding hydrogens is 296 g/mol. The van der Waals surface area contributed by atoms with Crippen molar-refractivity contribution in [1.82, 2.24) is 10.3 Å². The smallest absolute Gasteiger partial charge is 0.153 e. The largest absolute Gasteiger partial charge is 0.479 e. The van der Waals surface area contributed by atoms with Gasteiger partial charge >= 0.3 is 0 Å². The minimum atomic E-state index is -3.48. The maximum Gasteiger partial charge on any atom is 0.153 e. The number of allylic oxidation sites excluding steroid dienone is 2. The maximum atomic E-state index is 9.33. The van der Waals surface area contributed by atoms with Crippen LogP contribution in [0.5, 0.6) is 0 Å². The van der Waals surface area contributed by atoms with Crippen LogP contribution in [0.4, 0.5) is 0 Å². The second kappa shape index (κ2) is 6.18. The molecule has 0 bridgehead atoms. The Morgan fingerprint density at radius 2 is 2.25 bits per heavy atom. The standard InChI is InChI=1S/C21H30N2O/c1-12(2)18-11-22-19(10-13(18)3)17-7-5-6-15-16-9-8-14(4)23-21(16)24-20(15)17/h10-12,14-16,21,23H,5-9H2,1-4H3/i5D2,6D2,7D,8D2,9D2,14D,15D,16D/hD. The maximum absolute atomic E-state index is 9.33. The predicted octanol–water partition coefficient (Wildman–Crippen LogP) is 4.77. The number of nitrogens with one attached hydrogen (secondary N) is 1. The number of hydrogen-bond donors (Lipinski definition) is 1. The summed E-state index contributed by atoms with van der Waals surface area (Å²) in [6, 6.07) is -1.10. The number of hydrogen-bond acceptors (Lipinski definition) is 3. The highest BCUT2D eigenvalue weighted by Crippen LogP contribution is 2.49. The molecule has 1 aliphatic carbocycles. The van der Waals surface area contributed by atoms with Crippen LogP contribution in [0.2, 0.25) is 1.41 Å². The Balaban J connectivity index is 2.14. The van der Waals surface area contributed by atoms with Gasteiger partial charge in [0.1, 0.15) is 7.17 Å². The van der Waals surface area contributed by atoms with E-state index in [1.807, 2.05) is 13.8 Å². The number of rotatable bonds is 2. The van der Waals surface area contributed by atoms with Crippen molar-refractivity contribution in [3.63, 3.8) is 0 Å². The van der Waals surface area contributed by atoms with Crippen LogP contribution in [0.3, 0.4) is 0 Å². The summed E-state index contributed by atoms with van der Waals surface area (Å²) in [4.78, 5) is 4.34. The Hall–Kier alpha value is -1.35. The Morgan fingerprint density at radius 1 is 1.42 bits per heavy atom. The molecule has 0 saturated carbocycles. The van der Waals surface area contributed by atoms with E-state index in [9.17, 15) is 2.74 Å². The molecule has 3 heteroatoms. The summed E-state index contributed by atoms with van der Waals surface area (Å²) in [6.07, 6.45) is -16.1. The first-order valence-corrected chi connectivity index (χ1v) is 8.08. The molecule has 4 rings (SSSR count). The van der Waals surface area contributed by atoms with E-state index in [-0.39, 0.29) is 22.5 Å². The first kappa shape index (κ1) is 7.11. The zero-order chi connectivity index (χ0) is 28.5. The Labute approximate surface area is 164 Å². The molecule has 3 heterocycles. The average Bonchev–Trinajstić information content (AvgIpc) is 3.01. The van der Waals surface area contributed by atoms with Gasteiger partial charge in [0, 0.05) is 46.0 Å². The zero-order valence-corrected chi connectivity index (χ0v) is 14.2. The monoisotopic (exact) mass is 339 g/mol. The van der Waals surface area contributed by atoms with Gasteiger partial charge in [0.05, 0.1) is 5.69 Å². The summed E-state index contributed by atoms with van der Waals surface area (Å²) >= 11 is 0. The highest BCUT2D eigenvalue weighted by atomic mass is 16.5. The molecular formula is C21H30N2O. The van der Waals surface area contributed by atoms with Crippen molar-refractivity contribution in [1.29, 1.82) is 0 Å². The fourth-order valence-electron chi connectivity index (χ4n) is 3.13. The molecule has 3 nitrogen and oxygen atoms in total. The molecule has 0 aromatic carbocycles. The van der Waals surface area contributed by atoms with Gasteiger partial charge in [0.2, 0.25) is 0 Å². The number of piperidine rings is 1. The fourth-order valence-corrected chi connectivity index (χ4v) is 3.13. The molecule has 2 aliphatic heterocycles. The number of fused-ring (bicyclic) bond motifs is 3. The van der Waals surface area contributed by atoms with Gasteiger partial charge < -0.3 is 4.74 Å². The van der Waals surface area contributed by atoms with Crippen LogP contribution >= 0.6 is 0 Å². The highest BCUT2D eigenvalue weighted by molar-refractivity contribution is 5.67. The molecule has 1 N–H and O–H groups in total. The van der Waals surface area contributed by atoms with E-state index in [0.717, 1.165) is 12.5 Å². The summed E-state index contributed by atoms with van der Waals surface area (Å²) in [5.41, 5.74) is 1.18. The third kappa shape index (κ3) is 2.67. The van der Waals surface area contributed by atoms with Crippen LogP contribution in [0.25, 0.3) is 5.57 Å². The molecule has 3 aliphatic rings. The molecule has 5 atom stereocenters. The first-order valence-electron chi connectivity index (χ1n) is 14.6. The van der Waals surface area contributed by atoms with Gasteiger partial charge in [-0.1, -0.05) is 13.8 Å². The van der Waals surface area contributed by atoms with Gasteiger partial charge in [-0.05, 0) is 68.8 Å². The van der Waals surface area contributed by atoms with E-state index >= 15 is 0 Å². The van der Waals surface area contributed by atoms with E-state index in [1.165, 1.54) is 12.3 Å². The van der Waals surface area contributed by atoms with Gasteiger partial charge in [-0.2, -0.15) is 0 Å². The summed E-state index contributed by atoms with van der Waals surface area (Å²) in [6.45, 7) is 6.56. The molecule has 130 valence electrons. The lowest BCUT2D eigenvalue weighted by Gasteiger charge is -2.31. The molecule has 1 aromatic rings. The normalized spacial score (nSPS) is 62.0. The molecule has 24 heavy (non-hydrogen) atoms. The van der Waals surface area contributed by atoms with E-state index in [1.54, 1.807) is 6.92 Å². The minimum Gasteiger partial charge on any atom is -0.479 e.